The summed E-state index contributed by atoms with van der Waals surface area (Å²) in [6.45, 7) is 4.56. The van der Waals surface area contributed by atoms with Crippen LogP contribution in [0.1, 0.15) is 12.7 Å². The first kappa shape index (κ1) is 19.4. The molecular formula is C21H26N6O. The number of hydrogen-bond acceptors (Lipinski definition) is 4. The fourth-order valence-electron chi connectivity index (χ4n) is 2.71. The van der Waals surface area contributed by atoms with Crippen molar-refractivity contribution in [2.24, 2.45) is 4.99 Å². The summed E-state index contributed by atoms with van der Waals surface area (Å²) in [5.74, 6) is 2.46. The van der Waals surface area contributed by atoms with Crippen LogP contribution in [0.4, 0.5) is 0 Å². The molecule has 0 spiro atoms. The number of likely N-dealkylation sites (N-methyl/N-ethyl adjacent to an activating group) is 1. The highest BCUT2D eigenvalue weighted by molar-refractivity contribution is 5.79. The van der Waals surface area contributed by atoms with Crippen molar-refractivity contribution >= 4 is 5.96 Å². The van der Waals surface area contributed by atoms with E-state index in [0.29, 0.717) is 19.7 Å². The van der Waals surface area contributed by atoms with Gasteiger partial charge in [-0.3, -0.25) is 4.57 Å². The van der Waals surface area contributed by atoms with Crippen LogP contribution in [0, 0.1) is 0 Å². The van der Waals surface area contributed by atoms with Gasteiger partial charge < -0.3 is 15.0 Å². The van der Waals surface area contributed by atoms with Gasteiger partial charge in [-0.2, -0.15) is 0 Å². The highest BCUT2D eigenvalue weighted by atomic mass is 16.5. The number of rotatable bonds is 8. The Morgan fingerprint density at radius 2 is 1.82 bits per heavy atom. The van der Waals surface area contributed by atoms with Crippen molar-refractivity contribution in [3.05, 3.63) is 72.8 Å². The molecule has 0 radical (unpaired) electrons. The highest BCUT2D eigenvalue weighted by Gasteiger charge is 2.09. The minimum Gasteiger partial charge on any atom is -0.492 e. The van der Waals surface area contributed by atoms with E-state index in [4.69, 9.17) is 9.73 Å². The largest absolute Gasteiger partial charge is 0.492 e. The zero-order valence-corrected chi connectivity index (χ0v) is 16.3. The monoisotopic (exact) mass is 378 g/mol. The third kappa shape index (κ3) is 5.33. The number of nitrogens with zero attached hydrogens (tertiary/aromatic N) is 5. The normalized spacial score (nSPS) is 11.3. The van der Waals surface area contributed by atoms with Crippen LogP contribution in [-0.2, 0) is 6.54 Å². The molecule has 0 atom stereocenters. The van der Waals surface area contributed by atoms with Gasteiger partial charge in [0.05, 0.1) is 6.54 Å². The third-order valence-electron chi connectivity index (χ3n) is 4.16. The van der Waals surface area contributed by atoms with Gasteiger partial charge in [-0.05, 0) is 31.2 Å². The Balaban J connectivity index is 1.62. The van der Waals surface area contributed by atoms with E-state index in [1.165, 1.54) is 0 Å². The maximum atomic E-state index is 5.78. The quantitative estimate of drug-likeness (QED) is 0.482. The van der Waals surface area contributed by atoms with Crippen LogP contribution in [0.5, 0.6) is 5.75 Å². The van der Waals surface area contributed by atoms with Crippen molar-refractivity contribution < 1.29 is 4.74 Å². The molecule has 1 heterocycles. The van der Waals surface area contributed by atoms with Gasteiger partial charge in [0.2, 0.25) is 0 Å². The molecule has 0 aliphatic carbocycles. The molecule has 28 heavy (non-hydrogen) atoms. The molecule has 0 saturated carbocycles. The van der Waals surface area contributed by atoms with E-state index in [1.54, 1.807) is 6.33 Å². The van der Waals surface area contributed by atoms with Crippen LogP contribution in [0.15, 0.2) is 72.0 Å². The Kier molecular flexibility index (Phi) is 7.01. The molecule has 0 fully saturated rings. The molecule has 0 saturated heterocycles. The lowest BCUT2D eigenvalue weighted by Crippen LogP contribution is -2.40. The van der Waals surface area contributed by atoms with Crippen molar-refractivity contribution in [2.45, 2.75) is 13.5 Å². The van der Waals surface area contributed by atoms with Crippen molar-refractivity contribution in [1.29, 1.82) is 0 Å². The summed E-state index contributed by atoms with van der Waals surface area (Å²) in [7, 11) is 2.00. The van der Waals surface area contributed by atoms with E-state index in [1.807, 2.05) is 72.3 Å². The van der Waals surface area contributed by atoms with Gasteiger partial charge in [0.25, 0.3) is 0 Å². The van der Waals surface area contributed by atoms with E-state index in [0.717, 1.165) is 29.8 Å². The minimum atomic E-state index is 0.432. The van der Waals surface area contributed by atoms with Crippen LogP contribution in [-0.4, -0.2) is 52.4 Å². The molecule has 3 rings (SSSR count). The second-order valence-corrected chi connectivity index (χ2v) is 6.21. The van der Waals surface area contributed by atoms with Gasteiger partial charge >= 0.3 is 0 Å². The van der Waals surface area contributed by atoms with E-state index >= 15 is 0 Å². The maximum Gasteiger partial charge on any atom is 0.194 e. The lowest BCUT2D eigenvalue weighted by Gasteiger charge is -2.22. The molecule has 3 aromatic rings. The molecule has 1 N–H and O–H groups in total. The number of aliphatic imine (C=N–C) groups is 1. The number of ether oxygens (including phenoxy) is 1. The number of guanidine groups is 1. The third-order valence-corrected chi connectivity index (χ3v) is 4.16. The number of para-hydroxylation sites is 2. The first-order chi connectivity index (χ1) is 13.8. The molecule has 146 valence electrons. The van der Waals surface area contributed by atoms with Crippen molar-refractivity contribution in [3.63, 3.8) is 0 Å². The number of hydrogen-bond donors (Lipinski definition) is 1. The van der Waals surface area contributed by atoms with Crippen LogP contribution < -0.4 is 10.1 Å². The molecule has 0 aliphatic rings. The minimum absolute atomic E-state index is 0.432. The fourth-order valence-corrected chi connectivity index (χ4v) is 2.71. The predicted octanol–water partition coefficient (Wildman–Crippen LogP) is 2.74. The van der Waals surface area contributed by atoms with Crippen LogP contribution in [0.2, 0.25) is 0 Å². The molecule has 0 bridgehead atoms. The second-order valence-electron chi connectivity index (χ2n) is 6.21. The van der Waals surface area contributed by atoms with Gasteiger partial charge in [0.15, 0.2) is 11.8 Å². The summed E-state index contributed by atoms with van der Waals surface area (Å²) in [5.41, 5.74) is 1.02. The SMILES string of the molecule is CCNC(=NCc1nncn1-c1ccccc1)N(C)CCOc1ccccc1. The van der Waals surface area contributed by atoms with Crippen LogP contribution >= 0.6 is 0 Å². The second kappa shape index (κ2) is 10.1. The van der Waals surface area contributed by atoms with E-state index in [-0.39, 0.29) is 0 Å². The van der Waals surface area contributed by atoms with Gasteiger partial charge in [0, 0.05) is 19.3 Å². The number of aromatic nitrogens is 3. The molecule has 7 heteroatoms. The summed E-state index contributed by atoms with van der Waals surface area (Å²) >= 11 is 0. The standard InChI is InChI=1S/C21H26N6O/c1-3-22-21(26(2)14-15-28-19-12-8-5-9-13-19)23-16-20-25-24-17-27(20)18-10-6-4-7-11-18/h4-13,17H,3,14-16H2,1-2H3,(H,22,23). The van der Waals surface area contributed by atoms with Crippen molar-refractivity contribution in [2.75, 3.05) is 26.7 Å². The molecular weight excluding hydrogens is 352 g/mol. The molecule has 0 unspecified atom stereocenters. The average Bonchev–Trinajstić information content (AvgIpc) is 3.21. The van der Waals surface area contributed by atoms with Crippen LogP contribution in [0.25, 0.3) is 5.69 Å². The highest BCUT2D eigenvalue weighted by Crippen LogP contribution is 2.10. The van der Waals surface area contributed by atoms with Gasteiger partial charge in [0.1, 0.15) is 25.2 Å². The lowest BCUT2D eigenvalue weighted by molar-refractivity contribution is 0.281. The maximum absolute atomic E-state index is 5.78. The molecule has 2 aromatic carbocycles. The summed E-state index contributed by atoms with van der Waals surface area (Å²) in [5, 5.41) is 11.6. The Hall–Kier alpha value is -3.35. The molecule has 0 amide bonds. The summed E-state index contributed by atoms with van der Waals surface area (Å²) < 4.78 is 7.73. The average molecular weight is 378 g/mol. The Morgan fingerprint density at radius 3 is 2.54 bits per heavy atom. The topological polar surface area (TPSA) is 67.6 Å². The lowest BCUT2D eigenvalue weighted by atomic mass is 10.3. The summed E-state index contributed by atoms with van der Waals surface area (Å²) in [6.07, 6.45) is 1.71. The van der Waals surface area contributed by atoms with Crippen molar-refractivity contribution in [1.82, 2.24) is 25.0 Å². The zero-order valence-electron chi connectivity index (χ0n) is 16.3. The smallest absolute Gasteiger partial charge is 0.194 e. The molecule has 0 aliphatic heterocycles. The first-order valence-corrected chi connectivity index (χ1v) is 9.39. The summed E-state index contributed by atoms with van der Waals surface area (Å²) in [4.78, 5) is 6.77. The van der Waals surface area contributed by atoms with Crippen LogP contribution in [0.3, 0.4) is 0 Å². The number of benzene rings is 2. The fraction of sp³-hybridized carbons (Fsp3) is 0.286. The molecule has 1 aromatic heterocycles. The Labute approximate surface area is 165 Å². The first-order valence-electron chi connectivity index (χ1n) is 9.39. The number of nitrogens with one attached hydrogen (secondary N) is 1. The van der Waals surface area contributed by atoms with Crippen molar-refractivity contribution in [3.8, 4) is 11.4 Å². The molecule has 7 nitrogen and oxygen atoms in total. The predicted molar refractivity (Wildman–Crippen MR) is 111 cm³/mol. The van der Waals surface area contributed by atoms with Gasteiger partial charge in [-0.1, -0.05) is 36.4 Å². The van der Waals surface area contributed by atoms with E-state index in [9.17, 15) is 0 Å². The van der Waals surface area contributed by atoms with E-state index < -0.39 is 0 Å². The Morgan fingerprint density at radius 1 is 1.11 bits per heavy atom. The zero-order chi connectivity index (χ0) is 19.6. The van der Waals surface area contributed by atoms with E-state index in [2.05, 4.69) is 27.3 Å². The van der Waals surface area contributed by atoms with Gasteiger partial charge in [-0.25, -0.2) is 4.99 Å². The van der Waals surface area contributed by atoms with Gasteiger partial charge in [-0.15, -0.1) is 10.2 Å². The summed E-state index contributed by atoms with van der Waals surface area (Å²) in [6, 6.07) is 19.8. The Bertz CT molecular complexity index is 863.